The summed E-state index contributed by atoms with van der Waals surface area (Å²) in [5, 5.41) is 0. The van der Waals surface area contributed by atoms with Crippen molar-refractivity contribution in [2.45, 2.75) is 51.5 Å². The molecule has 6 heteroatoms. The highest BCUT2D eigenvalue weighted by Gasteiger charge is 2.53. The normalized spacial score (nSPS) is 27.8. The summed E-state index contributed by atoms with van der Waals surface area (Å²) in [7, 11) is -0.196. The lowest BCUT2D eigenvalue weighted by Crippen LogP contribution is -2.50. The van der Waals surface area contributed by atoms with Gasteiger partial charge in [-0.15, -0.1) is 0 Å². The molecule has 0 saturated carbocycles. The molecule has 4 nitrogen and oxygen atoms in total. The van der Waals surface area contributed by atoms with Gasteiger partial charge in [-0.25, -0.2) is 0 Å². The van der Waals surface area contributed by atoms with Crippen LogP contribution in [0.15, 0.2) is 41.9 Å². The van der Waals surface area contributed by atoms with E-state index in [4.69, 9.17) is 9.31 Å². The van der Waals surface area contributed by atoms with Gasteiger partial charge in [-0.05, 0) is 38.7 Å². The molecule has 2 fully saturated rings. The quantitative estimate of drug-likeness (QED) is 0.760. The minimum Gasteiger partial charge on any atom is -0.400 e. The van der Waals surface area contributed by atoms with Crippen molar-refractivity contribution in [1.82, 2.24) is 9.80 Å². The van der Waals surface area contributed by atoms with Gasteiger partial charge in [0.05, 0.1) is 11.2 Å². The standard InChI is InChI=1S/C20H29BN2O2.H2S/c1-19(2)20(3,4)25-21(24-19)17-12-18-15-22(10-11-23(18)14-17)13-16-8-6-5-7-9-16;/h5-9,12,18H,10-11,13-15H2,1-4H3;1H2/t18-;/m0./s1. The number of hydrogen-bond donors (Lipinski definition) is 0. The molecule has 3 heterocycles. The van der Waals surface area contributed by atoms with Gasteiger partial charge in [0.25, 0.3) is 0 Å². The van der Waals surface area contributed by atoms with Crippen molar-refractivity contribution in [1.29, 1.82) is 0 Å². The zero-order valence-electron chi connectivity index (χ0n) is 16.4. The third-order valence-electron chi connectivity index (χ3n) is 6.21. The lowest BCUT2D eigenvalue weighted by molar-refractivity contribution is 0.00578. The Morgan fingerprint density at radius 1 is 1.04 bits per heavy atom. The number of hydrogen-bond acceptors (Lipinski definition) is 4. The van der Waals surface area contributed by atoms with E-state index < -0.39 is 0 Å². The Kier molecular flexibility index (Phi) is 5.62. The van der Waals surface area contributed by atoms with E-state index in [1.807, 2.05) is 0 Å². The average molecular weight is 374 g/mol. The molecule has 4 rings (SSSR count). The highest BCUT2D eigenvalue weighted by molar-refractivity contribution is 7.59. The van der Waals surface area contributed by atoms with Gasteiger partial charge in [0.2, 0.25) is 0 Å². The maximum atomic E-state index is 6.25. The monoisotopic (exact) mass is 374 g/mol. The van der Waals surface area contributed by atoms with Crippen LogP contribution in [-0.4, -0.2) is 60.3 Å². The van der Waals surface area contributed by atoms with E-state index in [9.17, 15) is 0 Å². The van der Waals surface area contributed by atoms with Crippen molar-refractivity contribution < 1.29 is 9.31 Å². The fraction of sp³-hybridized carbons (Fsp3) is 0.600. The molecule has 0 spiro atoms. The molecule has 142 valence electrons. The molecule has 0 amide bonds. The van der Waals surface area contributed by atoms with E-state index in [0.717, 1.165) is 32.7 Å². The van der Waals surface area contributed by atoms with E-state index in [1.165, 1.54) is 11.0 Å². The van der Waals surface area contributed by atoms with Crippen LogP contribution in [0.2, 0.25) is 0 Å². The molecule has 0 aromatic heterocycles. The Balaban J connectivity index is 0.00000196. The summed E-state index contributed by atoms with van der Waals surface area (Å²) in [5.74, 6) is 0. The highest BCUT2D eigenvalue weighted by Crippen LogP contribution is 2.39. The molecule has 3 aliphatic heterocycles. The molecule has 1 atom stereocenters. The lowest BCUT2D eigenvalue weighted by atomic mass is 9.78. The Morgan fingerprint density at radius 2 is 1.69 bits per heavy atom. The van der Waals surface area contributed by atoms with Crippen molar-refractivity contribution in [2.24, 2.45) is 0 Å². The Bertz CT molecular complexity index is 649. The van der Waals surface area contributed by atoms with Crippen molar-refractivity contribution in [3.8, 4) is 0 Å². The molecule has 1 aromatic rings. The van der Waals surface area contributed by atoms with E-state index in [0.29, 0.717) is 6.04 Å². The van der Waals surface area contributed by atoms with Crippen LogP contribution in [0.25, 0.3) is 0 Å². The van der Waals surface area contributed by atoms with Gasteiger partial charge in [0.15, 0.2) is 0 Å². The SMILES string of the molecule is CC1(C)OB(C2=C[C@H]3CN(Cc4ccccc4)CCN3C2)OC1(C)C.S. The first kappa shape index (κ1) is 20.0. The minimum atomic E-state index is -0.263. The zero-order chi connectivity index (χ0) is 17.7. The van der Waals surface area contributed by atoms with Gasteiger partial charge in [-0.1, -0.05) is 36.4 Å². The number of nitrogens with zero attached hydrogens (tertiary/aromatic N) is 2. The van der Waals surface area contributed by atoms with Crippen LogP contribution in [-0.2, 0) is 15.9 Å². The van der Waals surface area contributed by atoms with Crippen LogP contribution in [0.5, 0.6) is 0 Å². The van der Waals surface area contributed by atoms with Gasteiger partial charge < -0.3 is 9.31 Å². The maximum absolute atomic E-state index is 6.25. The summed E-state index contributed by atoms with van der Waals surface area (Å²) in [4.78, 5) is 5.11. The third-order valence-corrected chi connectivity index (χ3v) is 6.21. The largest absolute Gasteiger partial charge is 0.491 e. The number of rotatable bonds is 3. The summed E-state index contributed by atoms with van der Waals surface area (Å²) >= 11 is 0. The molecule has 0 bridgehead atoms. The van der Waals surface area contributed by atoms with Gasteiger partial charge >= 0.3 is 7.12 Å². The second kappa shape index (κ2) is 7.32. The van der Waals surface area contributed by atoms with Crippen LogP contribution < -0.4 is 0 Å². The van der Waals surface area contributed by atoms with Gasteiger partial charge in [-0.3, -0.25) is 9.80 Å². The molecular weight excluding hydrogens is 343 g/mol. The van der Waals surface area contributed by atoms with Crippen LogP contribution in [0.4, 0.5) is 0 Å². The first-order valence-electron chi connectivity index (χ1n) is 9.41. The first-order chi connectivity index (χ1) is 11.8. The van der Waals surface area contributed by atoms with Crippen molar-refractivity contribution >= 4 is 20.6 Å². The predicted octanol–water partition coefficient (Wildman–Crippen LogP) is 2.86. The van der Waals surface area contributed by atoms with Crippen LogP contribution in [0, 0.1) is 0 Å². The Morgan fingerprint density at radius 3 is 2.35 bits per heavy atom. The fourth-order valence-electron chi connectivity index (χ4n) is 3.93. The number of benzene rings is 1. The number of fused-ring (bicyclic) bond motifs is 1. The summed E-state index contributed by atoms with van der Waals surface area (Å²) < 4.78 is 12.5. The van der Waals surface area contributed by atoms with E-state index >= 15 is 0 Å². The average Bonchev–Trinajstić information content (AvgIpc) is 3.06. The summed E-state index contributed by atoms with van der Waals surface area (Å²) in [6.45, 7) is 13.8. The Hall–Kier alpha value is -0.785. The van der Waals surface area contributed by atoms with Gasteiger partial charge in [0, 0.05) is 38.8 Å². The van der Waals surface area contributed by atoms with Crippen molar-refractivity contribution in [2.75, 3.05) is 26.2 Å². The topological polar surface area (TPSA) is 24.9 Å². The smallest absolute Gasteiger partial charge is 0.400 e. The maximum Gasteiger partial charge on any atom is 0.491 e. The molecule has 26 heavy (non-hydrogen) atoms. The third kappa shape index (κ3) is 3.76. The van der Waals surface area contributed by atoms with Crippen LogP contribution in [0.3, 0.4) is 0 Å². The number of piperazine rings is 1. The predicted molar refractivity (Wildman–Crippen MR) is 112 cm³/mol. The molecule has 1 aromatic carbocycles. The van der Waals surface area contributed by atoms with Crippen LogP contribution in [0.1, 0.15) is 33.3 Å². The van der Waals surface area contributed by atoms with E-state index in [2.05, 4.69) is 73.9 Å². The van der Waals surface area contributed by atoms with Gasteiger partial charge in [0.1, 0.15) is 0 Å². The summed E-state index contributed by atoms with van der Waals surface area (Å²) in [6, 6.07) is 11.2. The Labute approximate surface area is 165 Å². The summed E-state index contributed by atoms with van der Waals surface area (Å²) in [5.41, 5.74) is 2.16. The molecule has 0 N–H and O–H groups in total. The molecule has 0 unspecified atom stereocenters. The minimum absolute atomic E-state index is 0. The van der Waals surface area contributed by atoms with Crippen molar-refractivity contribution in [3.63, 3.8) is 0 Å². The lowest BCUT2D eigenvalue weighted by Gasteiger charge is -2.37. The second-order valence-electron chi connectivity index (χ2n) is 8.59. The zero-order valence-corrected chi connectivity index (χ0v) is 17.4. The molecular formula is C20H31BN2O2S. The fourth-order valence-corrected chi connectivity index (χ4v) is 3.93. The van der Waals surface area contributed by atoms with Crippen molar-refractivity contribution in [3.05, 3.63) is 47.4 Å². The first-order valence-corrected chi connectivity index (χ1v) is 9.41. The molecule has 0 aliphatic carbocycles. The van der Waals surface area contributed by atoms with E-state index in [1.54, 1.807) is 0 Å². The molecule has 0 radical (unpaired) electrons. The molecule has 3 aliphatic rings. The summed E-state index contributed by atoms with van der Waals surface area (Å²) in [6.07, 6.45) is 2.39. The second-order valence-corrected chi connectivity index (χ2v) is 8.59. The van der Waals surface area contributed by atoms with Gasteiger partial charge in [-0.2, -0.15) is 13.5 Å². The van der Waals surface area contributed by atoms with E-state index in [-0.39, 0.29) is 31.8 Å². The van der Waals surface area contributed by atoms with Crippen LogP contribution >= 0.6 is 13.5 Å². The highest BCUT2D eigenvalue weighted by atomic mass is 32.1. The molecule has 2 saturated heterocycles.